The zero-order valence-electron chi connectivity index (χ0n) is 10.3. The van der Waals surface area contributed by atoms with Crippen LogP contribution in [0.1, 0.15) is 4.88 Å². The van der Waals surface area contributed by atoms with Crippen LogP contribution in [-0.2, 0) is 6.54 Å². The van der Waals surface area contributed by atoms with Gasteiger partial charge in [0.25, 0.3) is 0 Å². The molecule has 0 saturated heterocycles. The molecule has 0 radical (unpaired) electrons. The third-order valence-electron chi connectivity index (χ3n) is 2.97. The lowest BCUT2D eigenvalue weighted by Crippen LogP contribution is -2.00. The summed E-state index contributed by atoms with van der Waals surface area (Å²) >= 11 is 7.87. The van der Waals surface area contributed by atoms with Crippen LogP contribution in [0.3, 0.4) is 0 Å². The van der Waals surface area contributed by atoms with Gasteiger partial charge < -0.3 is 5.32 Å². The van der Waals surface area contributed by atoms with Gasteiger partial charge in [0, 0.05) is 21.0 Å². The van der Waals surface area contributed by atoms with Crippen molar-refractivity contribution in [3.05, 3.63) is 64.0 Å². The second kappa shape index (κ2) is 5.38. The van der Waals surface area contributed by atoms with E-state index in [1.54, 1.807) is 11.3 Å². The fraction of sp³-hybridized carbons (Fsp3) is 0.0667. The molecule has 1 aromatic heterocycles. The topological polar surface area (TPSA) is 12.0 Å². The first-order chi connectivity index (χ1) is 9.65. The van der Waals surface area contributed by atoms with Gasteiger partial charge in [-0.25, -0.2) is 8.78 Å². The molecule has 102 valence electrons. The maximum Gasteiger partial charge on any atom is 0.149 e. The van der Waals surface area contributed by atoms with Gasteiger partial charge in [0.15, 0.2) is 0 Å². The Kier molecular flexibility index (Phi) is 3.59. The standard InChI is InChI=1S/C15H10ClF2NS/c16-15-10-3-1-2-4-13(10)20-14(15)8-19-12-6-5-9(17)7-11(12)18/h1-7,19H,8H2. The number of anilines is 1. The first-order valence-electron chi connectivity index (χ1n) is 6.00. The minimum Gasteiger partial charge on any atom is -0.378 e. The highest BCUT2D eigenvalue weighted by molar-refractivity contribution is 7.19. The SMILES string of the molecule is Fc1ccc(NCc2sc3ccccc3c2Cl)c(F)c1. The maximum absolute atomic E-state index is 13.5. The molecule has 1 N–H and O–H groups in total. The smallest absolute Gasteiger partial charge is 0.149 e. The number of hydrogen-bond donors (Lipinski definition) is 1. The molecule has 0 aliphatic carbocycles. The Morgan fingerprint density at radius 1 is 1.10 bits per heavy atom. The monoisotopic (exact) mass is 309 g/mol. The van der Waals surface area contributed by atoms with Crippen LogP contribution in [0.2, 0.25) is 5.02 Å². The van der Waals surface area contributed by atoms with Crippen molar-refractivity contribution in [2.24, 2.45) is 0 Å². The van der Waals surface area contributed by atoms with Crippen LogP contribution in [0.5, 0.6) is 0 Å². The Balaban J connectivity index is 1.85. The summed E-state index contributed by atoms with van der Waals surface area (Å²) in [6, 6.07) is 11.3. The maximum atomic E-state index is 13.5. The molecule has 3 rings (SSSR count). The minimum absolute atomic E-state index is 0.264. The molecule has 0 aliphatic heterocycles. The molecule has 20 heavy (non-hydrogen) atoms. The van der Waals surface area contributed by atoms with Gasteiger partial charge in [-0.2, -0.15) is 0 Å². The van der Waals surface area contributed by atoms with Gasteiger partial charge in [0.05, 0.1) is 17.3 Å². The number of hydrogen-bond acceptors (Lipinski definition) is 2. The largest absolute Gasteiger partial charge is 0.378 e. The number of thiophene rings is 1. The molecule has 0 amide bonds. The quantitative estimate of drug-likeness (QED) is 0.679. The number of halogens is 3. The second-order valence-corrected chi connectivity index (χ2v) is 5.83. The summed E-state index contributed by atoms with van der Waals surface area (Å²) < 4.78 is 27.4. The van der Waals surface area contributed by atoms with Crippen molar-refractivity contribution in [3.8, 4) is 0 Å². The third kappa shape index (κ3) is 2.49. The van der Waals surface area contributed by atoms with Crippen molar-refractivity contribution in [2.45, 2.75) is 6.54 Å². The lowest BCUT2D eigenvalue weighted by atomic mass is 10.2. The number of benzene rings is 2. The van der Waals surface area contributed by atoms with Crippen LogP contribution >= 0.6 is 22.9 Å². The molecule has 0 saturated carbocycles. The molecule has 0 atom stereocenters. The van der Waals surface area contributed by atoms with E-state index in [1.807, 2.05) is 24.3 Å². The molecule has 0 unspecified atom stereocenters. The molecule has 0 bridgehead atoms. The van der Waals surface area contributed by atoms with E-state index in [0.717, 1.165) is 21.0 Å². The van der Waals surface area contributed by atoms with E-state index in [1.165, 1.54) is 12.1 Å². The van der Waals surface area contributed by atoms with Crippen molar-refractivity contribution < 1.29 is 8.78 Å². The van der Waals surface area contributed by atoms with Gasteiger partial charge in [-0.1, -0.05) is 29.8 Å². The van der Waals surface area contributed by atoms with Gasteiger partial charge in [-0.15, -0.1) is 11.3 Å². The first kappa shape index (κ1) is 13.3. The lowest BCUT2D eigenvalue weighted by Gasteiger charge is -2.06. The van der Waals surface area contributed by atoms with Gasteiger partial charge >= 0.3 is 0 Å². The zero-order valence-corrected chi connectivity index (χ0v) is 11.9. The zero-order chi connectivity index (χ0) is 14.1. The molecule has 5 heteroatoms. The van der Waals surface area contributed by atoms with Crippen molar-refractivity contribution in [1.82, 2.24) is 0 Å². The number of rotatable bonds is 3. The summed E-state index contributed by atoms with van der Waals surface area (Å²) in [5.74, 6) is -1.20. The minimum atomic E-state index is -0.609. The number of fused-ring (bicyclic) bond motifs is 1. The molecule has 3 aromatic rings. The normalized spacial score (nSPS) is 10.9. The molecule has 1 heterocycles. The summed E-state index contributed by atoms with van der Waals surface area (Å²) in [7, 11) is 0. The van der Waals surface area contributed by atoms with E-state index in [0.29, 0.717) is 11.6 Å². The molecular weight excluding hydrogens is 300 g/mol. The summed E-state index contributed by atoms with van der Waals surface area (Å²) in [4.78, 5) is 0.927. The van der Waals surface area contributed by atoms with Crippen LogP contribution < -0.4 is 5.32 Å². The van der Waals surface area contributed by atoms with Crippen molar-refractivity contribution in [1.29, 1.82) is 0 Å². The lowest BCUT2D eigenvalue weighted by molar-refractivity contribution is 0.585. The van der Waals surface area contributed by atoms with E-state index in [4.69, 9.17) is 11.6 Å². The van der Waals surface area contributed by atoms with E-state index in [-0.39, 0.29) is 5.69 Å². The van der Waals surface area contributed by atoms with Gasteiger partial charge in [-0.3, -0.25) is 0 Å². The fourth-order valence-electron chi connectivity index (χ4n) is 1.99. The van der Waals surface area contributed by atoms with E-state index in [2.05, 4.69) is 5.32 Å². The molecule has 0 aliphatic rings. The van der Waals surface area contributed by atoms with Gasteiger partial charge in [-0.05, 0) is 18.2 Å². The van der Waals surface area contributed by atoms with Crippen molar-refractivity contribution in [3.63, 3.8) is 0 Å². The van der Waals surface area contributed by atoms with Gasteiger partial charge in [0.1, 0.15) is 11.6 Å². The molecule has 0 spiro atoms. The van der Waals surface area contributed by atoms with Crippen LogP contribution in [0.15, 0.2) is 42.5 Å². The molecule has 2 aromatic carbocycles. The first-order valence-corrected chi connectivity index (χ1v) is 7.19. The fourth-order valence-corrected chi connectivity index (χ4v) is 3.43. The average molecular weight is 310 g/mol. The van der Waals surface area contributed by atoms with Crippen molar-refractivity contribution >= 4 is 38.7 Å². The highest BCUT2D eigenvalue weighted by Crippen LogP contribution is 2.35. The average Bonchev–Trinajstić information content (AvgIpc) is 2.75. The number of nitrogens with one attached hydrogen (secondary N) is 1. The summed E-state index contributed by atoms with van der Waals surface area (Å²) in [5, 5.41) is 4.62. The third-order valence-corrected chi connectivity index (χ3v) is 4.69. The van der Waals surface area contributed by atoms with Crippen LogP contribution in [0.25, 0.3) is 10.1 Å². The van der Waals surface area contributed by atoms with Gasteiger partial charge in [0.2, 0.25) is 0 Å². The predicted octanol–water partition coefficient (Wildman–Crippen LogP) is 5.45. The molecule has 0 fully saturated rings. The summed E-state index contributed by atoms with van der Waals surface area (Å²) in [6.45, 7) is 0.404. The second-order valence-electron chi connectivity index (χ2n) is 4.31. The molecular formula is C15H10ClF2NS. The Labute approximate surface area is 123 Å². The Morgan fingerprint density at radius 3 is 2.65 bits per heavy atom. The van der Waals surface area contributed by atoms with E-state index in [9.17, 15) is 8.78 Å². The predicted molar refractivity (Wildman–Crippen MR) is 80.5 cm³/mol. The van der Waals surface area contributed by atoms with Crippen molar-refractivity contribution in [2.75, 3.05) is 5.32 Å². The van der Waals surface area contributed by atoms with Crippen LogP contribution in [-0.4, -0.2) is 0 Å². The van der Waals surface area contributed by atoms with Crippen LogP contribution in [0, 0.1) is 11.6 Å². The summed E-state index contributed by atoms with van der Waals surface area (Å²) in [5.41, 5.74) is 0.264. The summed E-state index contributed by atoms with van der Waals surface area (Å²) in [6.07, 6.45) is 0. The van der Waals surface area contributed by atoms with E-state index < -0.39 is 11.6 Å². The van der Waals surface area contributed by atoms with Crippen LogP contribution in [0.4, 0.5) is 14.5 Å². The Morgan fingerprint density at radius 2 is 1.90 bits per heavy atom. The highest BCUT2D eigenvalue weighted by atomic mass is 35.5. The molecule has 1 nitrogen and oxygen atoms in total. The Bertz CT molecular complexity index is 770. The van der Waals surface area contributed by atoms with E-state index >= 15 is 0 Å². The Hall–Kier alpha value is -1.65. The highest BCUT2D eigenvalue weighted by Gasteiger charge is 2.10.